The zero-order valence-corrected chi connectivity index (χ0v) is 9.30. The van der Waals surface area contributed by atoms with Crippen LogP contribution in [-0.4, -0.2) is 24.9 Å². The van der Waals surface area contributed by atoms with Crippen LogP contribution in [0.1, 0.15) is 13.8 Å². The van der Waals surface area contributed by atoms with E-state index in [1.54, 1.807) is 0 Å². The van der Waals surface area contributed by atoms with E-state index in [4.69, 9.17) is 0 Å². The molecule has 0 aliphatic carbocycles. The Morgan fingerprint density at radius 3 is 1.67 bits per heavy atom. The quantitative estimate of drug-likeness (QED) is 0.631. The molecule has 0 saturated carbocycles. The van der Waals surface area contributed by atoms with E-state index < -0.39 is 0 Å². The molecule has 0 radical (unpaired) electrons. The number of amides is 2. The second kappa shape index (κ2) is 6.01. The molecule has 0 atom stereocenters. The molecule has 84 valence electrons. The van der Waals surface area contributed by atoms with Gasteiger partial charge in [-0.05, 0) is 17.6 Å². The first-order valence-electron chi connectivity index (χ1n) is 4.72. The van der Waals surface area contributed by atoms with E-state index in [-0.39, 0.29) is 17.2 Å². The Morgan fingerprint density at radius 2 is 1.40 bits per heavy atom. The molecule has 4 heteroatoms. The number of hydrogen-bond acceptors (Lipinski definition) is 2. The van der Waals surface area contributed by atoms with Crippen molar-refractivity contribution in [2.45, 2.75) is 13.8 Å². The summed E-state index contributed by atoms with van der Waals surface area (Å²) in [7, 11) is 0. The number of carbonyl (C=O) groups is 2. The molecule has 0 unspecified atom stereocenters. The van der Waals surface area contributed by atoms with Crippen molar-refractivity contribution in [2.24, 2.45) is 5.41 Å². The fourth-order valence-corrected chi connectivity index (χ4v) is 0.860. The molecule has 4 nitrogen and oxygen atoms in total. The van der Waals surface area contributed by atoms with E-state index in [1.807, 2.05) is 13.8 Å². The van der Waals surface area contributed by atoms with Crippen LogP contribution in [0.2, 0.25) is 0 Å². The van der Waals surface area contributed by atoms with Gasteiger partial charge in [-0.15, -0.1) is 0 Å². The first-order valence-corrected chi connectivity index (χ1v) is 4.72. The molecular weight excluding hydrogens is 192 g/mol. The largest absolute Gasteiger partial charge is 0.352 e. The van der Waals surface area contributed by atoms with Crippen LogP contribution < -0.4 is 10.6 Å². The van der Waals surface area contributed by atoms with Crippen molar-refractivity contribution in [3.8, 4) is 0 Å². The molecular formula is C11H18N2O2. The van der Waals surface area contributed by atoms with Crippen molar-refractivity contribution in [1.82, 2.24) is 10.6 Å². The first kappa shape index (κ1) is 13.4. The van der Waals surface area contributed by atoms with Crippen molar-refractivity contribution in [3.63, 3.8) is 0 Å². The Morgan fingerprint density at radius 1 is 1.07 bits per heavy atom. The minimum Gasteiger partial charge on any atom is -0.352 e. The molecule has 15 heavy (non-hydrogen) atoms. The fraction of sp³-hybridized carbons (Fsp3) is 0.455. The lowest BCUT2D eigenvalue weighted by Crippen LogP contribution is -2.41. The highest BCUT2D eigenvalue weighted by atomic mass is 16.2. The monoisotopic (exact) mass is 210 g/mol. The van der Waals surface area contributed by atoms with Crippen molar-refractivity contribution in [1.29, 1.82) is 0 Å². The van der Waals surface area contributed by atoms with Gasteiger partial charge >= 0.3 is 0 Å². The summed E-state index contributed by atoms with van der Waals surface area (Å²) in [4.78, 5) is 21.8. The van der Waals surface area contributed by atoms with Crippen molar-refractivity contribution in [2.75, 3.05) is 13.1 Å². The predicted molar refractivity (Wildman–Crippen MR) is 60.2 cm³/mol. The van der Waals surface area contributed by atoms with Gasteiger partial charge in [-0.2, -0.15) is 0 Å². The SMILES string of the molecule is C=CC(=O)NCC(C)(C)CNC(=O)C=C. The molecule has 0 aromatic carbocycles. The van der Waals surface area contributed by atoms with Crippen LogP contribution in [0.15, 0.2) is 25.3 Å². The smallest absolute Gasteiger partial charge is 0.243 e. The van der Waals surface area contributed by atoms with Gasteiger partial charge in [0.1, 0.15) is 0 Å². The Kier molecular flexibility index (Phi) is 5.37. The van der Waals surface area contributed by atoms with Crippen LogP contribution >= 0.6 is 0 Å². The summed E-state index contributed by atoms with van der Waals surface area (Å²) in [6, 6.07) is 0. The summed E-state index contributed by atoms with van der Waals surface area (Å²) in [6.45, 7) is 11.6. The molecule has 0 heterocycles. The maximum Gasteiger partial charge on any atom is 0.243 e. The molecule has 0 saturated heterocycles. The normalized spacial score (nSPS) is 10.3. The van der Waals surface area contributed by atoms with Gasteiger partial charge in [-0.3, -0.25) is 9.59 Å². The van der Waals surface area contributed by atoms with Crippen molar-refractivity contribution >= 4 is 11.8 Å². The van der Waals surface area contributed by atoms with Gasteiger partial charge in [0.2, 0.25) is 11.8 Å². The molecule has 0 aliphatic rings. The lowest BCUT2D eigenvalue weighted by molar-refractivity contribution is -0.116. The van der Waals surface area contributed by atoms with E-state index >= 15 is 0 Å². The highest BCUT2D eigenvalue weighted by Crippen LogP contribution is 2.11. The Bertz CT molecular complexity index is 244. The lowest BCUT2D eigenvalue weighted by atomic mass is 9.93. The van der Waals surface area contributed by atoms with Gasteiger partial charge < -0.3 is 10.6 Å². The summed E-state index contributed by atoms with van der Waals surface area (Å²) in [5.74, 6) is -0.420. The third-order valence-electron chi connectivity index (χ3n) is 1.85. The highest BCUT2D eigenvalue weighted by molar-refractivity contribution is 5.87. The van der Waals surface area contributed by atoms with Crippen LogP contribution in [0.5, 0.6) is 0 Å². The maximum absolute atomic E-state index is 10.9. The van der Waals surface area contributed by atoms with Gasteiger partial charge in [0.05, 0.1) is 0 Å². The van der Waals surface area contributed by atoms with Gasteiger partial charge in [-0.1, -0.05) is 27.0 Å². The molecule has 2 N–H and O–H groups in total. The van der Waals surface area contributed by atoms with Crippen molar-refractivity contribution < 1.29 is 9.59 Å². The summed E-state index contributed by atoms with van der Waals surface area (Å²) < 4.78 is 0. The lowest BCUT2D eigenvalue weighted by Gasteiger charge is -2.24. The zero-order chi connectivity index (χ0) is 11.9. The standard InChI is InChI=1S/C11H18N2O2/c1-5-9(14)12-7-11(3,4)8-13-10(15)6-2/h5-6H,1-2,7-8H2,3-4H3,(H,12,14)(H,13,15). The highest BCUT2D eigenvalue weighted by Gasteiger charge is 2.18. The molecule has 2 amide bonds. The predicted octanol–water partition coefficient (Wildman–Crippen LogP) is 0.617. The number of hydrogen-bond donors (Lipinski definition) is 2. The Hall–Kier alpha value is -1.58. The molecule has 0 aromatic rings. The average Bonchev–Trinajstić information content (AvgIpc) is 2.22. The average molecular weight is 210 g/mol. The van der Waals surface area contributed by atoms with Gasteiger partial charge in [-0.25, -0.2) is 0 Å². The molecule has 0 rings (SSSR count). The summed E-state index contributed by atoms with van der Waals surface area (Å²) in [5.41, 5.74) is -0.197. The first-order chi connectivity index (χ1) is 6.91. The van der Waals surface area contributed by atoms with E-state index in [0.29, 0.717) is 13.1 Å². The number of nitrogens with one attached hydrogen (secondary N) is 2. The molecule has 0 fully saturated rings. The molecule has 0 bridgehead atoms. The van der Waals surface area contributed by atoms with E-state index in [1.165, 1.54) is 12.2 Å². The Labute approximate surface area is 90.4 Å². The second-order valence-corrected chi connectivity index (χ2v) is 4.01. The van der Waals surface area contributed by atoms with Gasteiger partial charge in [0.25, 0.3) is 0 Å². The summed E-state index contributed by atoms with van der Waals surface area (Å²) in [5, 5.41) is 5.36. The van der Waals surface area contributed by atoms with Crippen LogP contribution in [0.3, 0.4) is 0 Å². The molecule has 0 aliphatic heterocycles. The zero-order valence-electron chi connectivity index (χ0n) is 9.30. The molecule has 0 aromatic heterocycles. The van der Waals surface area contributed by atoms with Gasteiger partial charge in [0.15, 0.2) is 0 Å². The van der Waals surface area contributed by atoms with Crippen LogP contribution in [-0.2, 0) is 9.59 Å². The van der Waals surface area contributed by atoms with E-state index in [9.17, 15) is 9.59 Å². The summed E-state index contributed by atoms with van der Waals surface area (Å²) >= 11 is 0. The molecule has 0 spiro atoms. The maximum atomic E-state index is 10.9. The Balaban J connectivity index is 3.95. The van der Waals surface area contributed by atoms with Crippen LogP contribution in [0.4, 0.5) is 0 Å². The van der Waals surface area contributed by atoms with Gasteiger partial charge in [0, 0.05) is 13.1 Å². The topological polar surface area (TPSA) is 58.2 Å². The third kappa shape index (κ3) is 6.49. The third-order valence-corrected chi connectivity index (χ3v) is 1.85. The fourth-order valence-electron chi connectivity index (χ4n) is 0.860. The van der Waals surface area contributed by atoms with E-state index in [0.717, 1.165) is 0 Å². The number of rotatable bonds is 6. The van der Waals surface area contributed by atoms with E-state index in [2.05, 4.69) is 23.8 Å². The second-order valence-electron chi connectivity index (χ2n) is 4.01. The minimum absolute atomic E-state index is 0.197. The number of carbonyl (C=O) groups excluding carboxylic acids is 2. The van der Waals surface area contributed by atoms with Crippen LogP contribution in [0.25, 0.3) is 0 Å². The summed E-state index contributed by atoms with van der Waals surface area (Å²) in [6.07, 6.45) is 2.44. The minimum atomic E-state index is -0.210. The van der Waals surface area contributed by atoms with Crippen molar-refractivity contribution in [3.05, 3.63) is 25.3 Å². The van der Waals surface area contributed by atoms with Crippen LogP contribution in [0, 0.1) is 5.41 Å².